The summed E-state index contributed by atoms with van der Waals surface area (Å²) in [6.45, 7) is 1.37. The van der Waals surface area contributed by atoms with Crippen molar-refractivity contribution in [3.05, 3.63) is 58.5 Å². The van der Waals surface area contributed by atoms with E-state index < -0.39 is 0 Å². The Kier molecular flexibility index (Phi) is 10.5. The molecule has 2 N–H and O–H groups in total. The number of rotatable bonds is 8. The first-order valence-corrected chi connectivity index (χ1v) is 15.4. The summed E-state index contributed by atoms with van der Waals surface area (Å²) in [5, 5.41) is 8.44. The van der Waals surface area contributed by atoms with Gasteiger partial charge in [-0.25, -0.2) is 20.6 Å². The Morgan fingerprint density at radius 3 is 1.93 bits per heavy atom. The third-order valence-electron chi connectivity index (χ3n) is 6.54. The fraction of sp³-hybridized carbons (Fsp3) is 0.429. The summed E-state index contributed by atoms with van der Waals surface area (Å²) in [6, 6.07) is 11.2. The fourth-order valence-electron chi connectivity index (χ4n) is 4.30. The third-order valence-corrected chi connectivity index (χ3v) is 8.75. The number of ether oxygens (including phenoxy) is 2. The average Bonchev–Trinajstić information content (AvgIpc) is 3.84. The average molecular weight is 615 g/mol. The van der Waals surface area contributed by atoms with Crippen molar-refractivity contribution in [2.24, 2.45) is 14.1 Å². The maximum absolute atomic E-state index is 12.1. The first-order chi connectivity index (χ1) is 20.5. The van der Waals surface area contributed by atoms with Crippen LogP contribution >= 0.6 is 22.7 Å². The predicted molar refractivity (Wildman–Crippen MR) is 157 cm³/mol. The van der Waals surface area contributed by atoms with E-state index in [2.05, 4.69) is 21.2 Å². The molecule has 2 aliphatic rings. The smallest absolute Gasteiger partial charge is 0.285 e. The van der Waals surface area contributed by atoms with E-state index in [1.54, 1.807) is 27.7 Å². The van der Waals surface area contributed by atoms with Crippen LogP contribution in [0, 0.1) is 0 Å². The zero-order valence-electron chi connectivity index (χ0n) is 23.5. The van der Waals surface area contributed by atoms with Gasteiger partial charge in [0.1, 0.15) is 5.69 Å². The quantitative estimate of drug-likeness (QED) is 0.274. The van der Waals surface area contributed by atoms with Gasteiger partial charge in [0.25, 0.3) is 11.8 Å². The van der Waals surface area contributed by atoms with Gasteiger partial charge in [0.05, 0.1) is 25.2 Å². The van der Waals surface area contributed by atoms with Crippen LogP contribution in [-0.2, 0) is 33.2 Å². The number of nitrogens with one attached hydrogen (secondary N) is 2. The topological polar surface area (TPSA) is 131 Å². The summed E-state index contributed by atoms with van der Waals surface area (Å²) in [6.07, 6.45) is 8.77. The zero-order chi connectivity index (χ0) is 29.3. The number of hydroxylamine groups is 2. The van der Waals surface area contributed by atoms with Crippen LogP contribution in [0.5, 0.6) is 0 Å². The number of hydrogen-bond donors (Lipinski definition) is 2. The van der Waals surface area contributed by atoms with E-state index >= 15 is 0 Å². The Morgan fingerprint density at radius 2 is 1.43 bits per heavy atom. The second-order valence-electron chi connectivity index (χ2n) is 9.73. The lowest BCUT2D eigenvalue weighted by atomic mass is 10.2. The molecule has 2 fully saturated rings. The van der Waals surface area contributed by atoms with E-state index in [1.807, 2.05) is 44.6 Å². The van der Waals surface area contributed by atoms with Crippen molar-refractivity contribution in [3.63, 3.8) is 0 Å². The van der Waals surface area contributed by atoms with Crippen LogP contribution in [0.1, 0.15) is 57.9 Å². The molecule has 42 heavy (non-hydrogen) atoms. The van der Waals surface area contributed by atoms with Crippen LogP contribution in [0.25, 0.3) is 21.1 Å². The van der Waals surface area contributed by atoms with E-state index in [-0.39, 0.29) is 24.4 Å². The zero-order valence-corrected chi connectivity index (χ0v) is 25.1. The minimum Gasteiger partial charge on any atom is -0.350 e. The number of carbonyl (C=O) groups excluding carboxylic acids is 2. The van der Waals surface area contributed by atoms with Gasteiger partial charge in [0.15, 0.2) is 12.6 Å². The Morgan fingerprint density at radius 1 is 0.833 bits per heavy atom. The molecule has 2 saturated heterocycles. The minimum atomic E-state index is -0.335. The lowest BCUT2D eigenvalue weighted by Gasteiger charge is -2.21. The van der Waals surface area contributed by atoms with Crippen LogP contribution in [0.2, 0.25) is 0 Å². The molecule has 2 aliphatic heterocycles. The van der Waals surface area contributed by atoms with Crippen molar-refractivity contribution in [1.82, 2.24) is 30.5 Å². The number of hydrogen-bond acceptors (Lipinski definition) is 10. The second kappa shape index (κ2) is 14.7. The molecule has 2 atom stereocenters. The lowest BCUT2D eigenvalue weighted by Crippen LogP contribution is -2.32. The summed E-state index contributed by atoms with van der Waals surface area (Å²) in [5.41, 5.74) is 6.77. The van der Waals surface area contributed by atoms with Crippen LogP contribution in [0.3, 0.4) is 0 Å². The van der Waals surface area contributed by atoms with Crippen molar-refractivity contribution in [1.29, 1.82) is 0 Å². The van der Waals surface area contributed by atoms with Gasteiger partial charge in [-0.1, -0.05) is 0 Å². The maximum Gasteiger partial charge on any atom is 0.285 e. The van der Waals surface area contributed by atoms with Crippen LogP contribution in [0.15, 0.2) is 48.8 Å². The molecule has 0 radical (unpaired) electrons. The van der Waals surface area contributed by atoms with E-state index in [4.69, 9.17) is 19.1 Å². The molecule has 14 heteroatoms. The monoisotopic (exact) mass is 614 g/mol. The first-order valence-electron chi connectivity index (χ1n) is 13.8. The summed E-state index contributed by atoms with van der Waals surface area (Å²) in [5.74, 6) is -0.501. The predicted octanol–water partition coefficient (Wildman–Crippen LogP) is 4.67. The molecule has 0 bridgehead atoms. The van der Waals surface area contributed by atoms with Gasteiger partial charge in [-0.2, -0.15) is 10.2 Å². The molecule has 0 spiro atoms. The number of aromatic nitrogens is 4. The van der Waals surface area contributed by atoms with Crippen molar-refractivity contribution in [2.75, 3.05) is 13.2 Å². The Labute approximate surface area is 251 Å². The molecule has 4 aromatic rings. The highest BCUT2D eigenvalue weighted by molar-refractivity contribution is 7.17. The molecule has 6 heterocycles. The first kappa shape index (κ1) is 30.1. The second-order valence-corrected chi connectivity index (χ2v) is 11.9. The number of amides is 2. The van der Waals surface area contributed by atoms with Gasteiger partial charge in [-0.3, -0.25) is 19.0 Å². The van der Waals surface area contributed by atoms with Gasteiger partial charge < -0.3 is 9.47 Å². The van der Waals surface area contributed by atoms with Crippen molar-refractivity contribution in [2.45, 2.75) is 51.1 Å². The molecule has 0 aliphatic carbocycles. The molecule has 12 nitrogen and oxygen atoms in total. The maximum atomic E-state index is 12.1. The number of aryl methyl sites for hydroxylation is 2. The Hall–Kier alpha value is -3.40. The van der Waals surface area contributed by atoms with E-state index in [1.165, 1.54) is 22.7 Å². The van der Waals surface area contributed by atoms with E-state index in [0.29, 0.717) is 23.0 Å². The van der Waals surface area contributed by atoms with Gasteiger partial charge >= 0.3 is 0 Å². The molecule has 4 aromatic heterocycles. The largest absolute Gasteiger partial charge is 0.350 e. The number of thiophene rings is 2. The molecular weight excluding hydrogens is 580 g/mol. The fourth-order valence-corrected chi connectivity index (χ4v) is 6.11. The molecule has 224 valence electrons. The van der Waals surface area contributed by atoms with Crippen LogP contribution in [-0.4, -0.2) is 57.2 Å². The molecule has 6 rings (SSSR count). The van der Waals surface area contributed by atoms with Crippen molar-refractivity contribution >= 4 is 34.5 Å². The summed E-state index contributed by atoms with van der Waals surface area (Å²) in [4.78, 5) is 37.8. The molecule has 2 amide bonds. The molecular formula is C28H34N6O6S2. The van der Waals surface area contributed by atoms with Gasteiger partial charge in [-0.15, -0.1) is 22.7 Å². The summed E-state index contributed by atoms with van der Waals surface area (Å²) < 4.78 is 14.3. The van der Waals surface area contributed by atoms with Gasteiger partial charge in [-0.05, 0) is 62.1 Å². The standard InChI is InChI=1S/2C14H17N3O3S/c1-17-8-7-10(15-17)11-5-6-12(21-11)14(18)16-20-13-4-2-3-9-19-13;1-17-10(7-8-15-17)11-5-6-12(21-11)14(18)16-20-13-4-2-3-9-19-13/h2*5-8,13H,2-4,9H2,1H3,(H,16,18). The molecule has 0 saturated carbocycles. The Balaban J connectivity index is 0.000000168. The van der Waals surface area contributed by atoms with Crippen LogP contribution in [0.4, 0.5) is 0 Å². The van der Waals surface area contributed by atoms with Crippen molar-refractivity contribution in [3.8, 4) is 21.1 Å². The Bertz CT molecular complexity index is 1450. The van der Waals surface area contributed by atoms with E-state index in [9.17, 15) is 9.59 Å². The third kappa shape index (κ3) is 8.12. The molecule has 0 aromatic carbocycles. The van der Waals surface area contributed by atoms with Gasteiger partial charge in [0.2, 0.25) is 0 Å². The minimum absolute atomic E-state index is 0.248. The summed E-state index contributed by atoms with van der Waals surface area (Å²) >= 11 is 2.79. The molecule has 2 unspecified atom stereocenters. The highest BCUT2D eigenvalue weighted by Gasteiger charge is 2.19. The van der Waals surface area contributed by atoms with Gasteiger partial charge in [0, 0.05) is 52.5 Å². The van der Waals surface area contributed by atoms with Crippen LogP contribution < -0.4 is 11.0 Å². The van der Waals surface area contributed by atoms with Crippen molar-refractivity contribution < 1.29 is 28.7 Å². The highest BCUT2D eigenvalue weighted by atomic mass is 32.1. The lowest BCUT2D eigenvalue weighted by molar-refractivity contribution is -0.186. The van der Waals surface area contributed by atoms with E-state index in [0.717, 1.165) is 59.7 Å². The number of nitrogens with zero attached hydrogens (tertiary/aromatic N) is 4. The summed E-state index contributed by atoms with van der Waals surface area (Å²) in [7, 11) is 3.74. The highest BCUT2D eigenvalue weighted by Crippen LogP contribution is 2.28. The number of carbonyl (C=O) groups is 2. The SMILES string of the molecule is Cn1ccc(-c2ccc(C(=O)NOC3CCCCO3)s2)n1.Cn1nccc1-c1ccc(C(=O)NOC2CCCCO2)s1. The normalized spacial score (nSPS) is 18.6.